The first-order valence-electron chi connectivity index (χ1n) is 3.88. The number of nitrogens with two attached hydrogens (primary N) is 2. The van der Waals surface area contributed by atoms with Gasteiger partial charge in [-0.1, -0.05) is 12.2 Å². The summed E-state index contributed by atoms with van der Waals surface area (Å²) in [5, 5.41) is 0. The molecule has 0 spiro atoms. The van der Waals surface area contributed by atoms with E-state index in [4.69, 9.17) is 11.5 Å². The number of rotatable bonds is 1. The molecule has 4 N–H and O–H groups in total. The third-order valence-electron chi connectivity index (χ3n) is 1.97. The van der Waals surface area contributed by atoms with Crippen LogP contribution < -0.4 is 11.5 Å². The number of hydrogen-bond donors (Lipinski definition) is 2. The fraction of sp³-hybridized carbons (Fsp3) is 0.625. The molecular formula is C8H15N3. The molecule has 0 aliphatic heterocycles. The second kappa shape index (κ2) is 2.95. The zero-order valence-electron chi connectivity index (χ0n) is 6.88. The Kier molecular flexibility index (Phi) is 2.17. The van der Waals surface area contributed by atoms with Crippen LogP contribution in [0.15, 0.2) is 17.1 Å². The minimum atomic E-state index is -0.0480. The monoisotopic (exact) mass is 153 g/mol. The van der Waals surface area contributed by atoms with Crippen LogP contribution in [0.4, 0.5) is 0 Å². The van der Waals surface area contributed by atoms with Crippen molar-refractivity contribution < 1.29 is 0 Å². The summed E-state index contributed by atoms with van der Waals surface area (Å²) in [6.45, 7) is 2.08. The molecule has 62 valence electrons. The number of hydrogen-bond acceptors (Lipinski definition) is 1. The van der Waals surface area contributed by atoms with E-state index in [0.29, 0.717) is 0 Å². The Labute approximate surface area is 67.2 Å². The highest BCUT2D eigenvalue weighted by Crippen LogP contribution is 2.26. The summed E-state index contributed by atoms with van der Waals surface area (Å²) in [6, 6.07) is 0. The van der Waals surface area contributed by atoms with Gasteiger partial charge >= 0.3 is 0 Å². The Bertz CT molecular complexity index is 192. The van der Waals surface area contributed by atoms with Crippen molar-refractivity contribution in [3.63, 3.8) is 0 Å². The Morgan fingerprint density at radius 1 is 1.45 bits per heavy atom. The van der Waals surface area contributed by atoms with Gasteiger partial charge in [0.25, 0.3) is 0 Å². The molecule has 3 heteroatoms. The van der Waals surface area contributed by atoms with E-state index in [1.165, 1.54) is 0 Å². The van der Waals surface area contributed by atoms with Crippen LogP contribution in [0.1, 0.15) is 26.2 Å². The Hall–Kier alpha value is -0.990. The third-order valence-corrected chi connectivity index (χ3v) is 1.97. The predicted octanol–water partition coefficient (Wildman–Crippen LogP) is 0.759. The quantitative estimate of drug-likeness (QED) is 0.332. The summed E-state index contributed by atoms with van der Waals surface area (Å²) in [5.41, 5.74) is 10.6. The van der Waals surface area contributed by atoms with Crippen LogP contribution in [0.5, 0.6) is 0 Å². The normalized spacial score (nSPS) is 29.9. The minimum absolute atomic E-state index is 0.0480. The maximum absolute atomic E-state index is 5.31. The molecule has 0 aromatic rings. The van der Waals surface area contributed by atoms with E-state index in [2.05, 4.69) is 24.1 Å². The molecule has 0 saturated heterocycles. The van der Waals surface area contributed by atoms with Crippen molar-refractivity contribution in [1.82, 2.24) is 0 Å². The van der Waals surface area contributed by atoms with Crippen molar-refractivity contribution in [3.8, 4) is 0 Å². The number of guanidine groups is 1. The molecule has 11 heavy (non-hydrogen) atoms. The topological polar surface area (TPSA) is 64.4 Å². The molecule has 0 heterocycles. The third kappa shape index (κ3) is 2.26. The largest absolute Gasteiger partial charge is 0.370 e. The summed E-state index contributed by atoms with van der Waals surface area (Å²) in [4.78, 5) is 4.19. The van der Waals surface area contributed by atoms with Crippen LogP contribution in [0.25, 0.3) is 0 Å². The minimum Gasteiger partial charge on any atom is -0.370 e. The number of allylic oxidation sites excluding steroid dienone is 1. The van der Waals surface area contributed by atoms with Crippen LogP contribution in [0.3, 0.4) is 0 Å². The number of nitrogens with zero attached hydrogens (tertiary/aromatic N) is 1. The molecule has 0 amide bonds. The van der Waals surface area contributed by atoms with Crippen LogP contribution >= 0.6 is 0 Å². The summed E-state index contributed by atoms with van der Waals surface area (Å²) in [6.07, 6.45) is 7.37. The second-order valence-electron chi connectivity index (χ2n) is 3.25. The van der Waals surface area contributed by atoms with Gasteiger partial charge in [-0.05, 0) is 26.2 Å². The van der Waals surface area contributed by atoms with E-state index in [9.17, 15) is 0 Å². The molecular weight excluding hydrogens is 138 g/mol. The van der Waals surface area contributed by atoms with Gasteiger partial charge < -0.3 is 11.5 Å². The molecule has 0 radical (unpaired) electrons. The van der Waals surface area contributed by atoms with Gasteiger partial charge in [0.05, 0.1) is 5.54 Å². The molecule has 0 fully saturated rings. The van der Waals surface area contributed by atoms with E-state index in [0.717, 1.165) is 19.3 Å². The highest BCUT2D eigenvalue weighted by atomic mass is 15.0. The first-order valence-corrected chi connectivity index (χ1v) is 3.88. The van der Waals surface area contributed by atoms with Gasteiger partial charge in [0.2, 0.25) is 0 Å². The highest BCUT2D eigenvalue weighted by Gasteiger charge is 2.23. The van der Waals surface area contributed by atoms with E-state index in [1.807, 2.05) is 0 Å². The van der Waals surface area contributed by atoms with Crippen LogP contribution in [-0.4, -0.2) is 11.5 Å². The Morgan fingerprint density at radius 2 is 2.18 bits per heavy atom. The van der Waals surface area contributed by atoms with Gasteiger partial charge in [0.1, 0.15) is 0 Å². The predicted molar refractivity (Wildman–Crippen MR) is 47.2 cm³/mol. The molecule has 1 unspecified atom stereocenters. The van der Waals surface area contributed by atoms with Crippen molar-refractivity contribution in [3.05, 3.63) is 12.2 Å². The summed E-state index contributed by atoms with van der Waals surface area (Å²) in [7, 11) is 0. The van der Waals surface area contributed by atoms with E-state index in [1.54, 1.807) is 0 Å². The fourth-order valence-corrected chi connectivity index (χ4v) is 1.36. The average molecular weight is 153 g/mol. The molecule has 0 aromatic heterocycles. The van der Waals surface area contributed by atoms with E-state index < -0.39 is 0 Å². The molecule has 1 rings (SSSR count). The van der Waals surface area contributed by atoms with Crippen molar-refractivity contribution >= 4 is 5.96 Å². The molecule has 1 aliphatic rings. The first-order chi connectivity index (χ1) is 5.12. The number of aliphatic imine (C=N–C) groups is 1. The van der Waals surface area contributed by atoms with E-state index in [-0.39, 0.29) is 11.5 Å². The lowest BCUT2D eigenvalue weighted by molar-refractivity contribution is 0.430. The van der Waals surface area contributed by atoms with Crippen LogP contribution in [0.2, 0.25) is 0 Å². The Balaban J connectivity index is 2.67. The van der Waals surface area contributed by atoms with Crippen molar-refractivity contribution in [2.75, 3.05) is 0 Å². The molecule has 1 aliphatic carbocycles. The smallest absolute Gasteiger partial charge is 0.186 e. The Morgan fingerprint density at radius 3 is 2.64 bits per heavy atom. The fourth-order valence-electron chi connectivity index (χ4n) is 1.36. The van der Waals surface area contributed by atoms with Gasteiger partial charge in [-0.15, -0.1) is 0 Å². The molecule has 1 atom stereocenters. The van der Waals surface area contributed by atoms with E-state index >= 15 is 0 Å². The zero-order chi connectivity index (χ0) is 8.32. The lowest BCUT2D eigenvalue weighted by Gasteiger charge is -2.26. The van der Waals surface area contributed by atoms with Gasteiger partial charge in [0, 0.05) is 0 Å². The lowest BCUT2D eigenvalue weighted by Crippen LogP contribution is -2.32. The van der Waals surface area contributed by atoms with Gasteiger partial charge in [-0.2, -0.15) is 0 Å². The van der Waals surface area contributed by atoms with Gasteiger partial charge in [-0.3, -0.25) is 0 Å². The molecule has 0 bridgehead atoms. The molecule has 0 saturated carbocycles. The van der Waals surface area contributed by atoms with Crippen molar-refractivity contribution in [2.45, 2.75) is 31.7 Å². The van der Waals surface area contributed by atoms with Gasteiger partial charge in [-0.25, -0.2) is 4.99 Å². The standard InChI is InChI=1S/C8H15N3/c1-8(11-7(9)10)5-3-2-4-6-8/h2-3H,4-6H2,1H3,(H4,9,10,11). The van der Waals surface area contributed by atoms with Crippen LogP contribution in [-0.2, 0) is 0 Å². The maximum atomic E-state index is 5.31. The zero-order valence-corrected chi connectivity index (χ0v) is 6.88. The lowest BCUT2D eigenvalue weighted by atomic mass is 9.88. The molecule has 3 nitrogen and oxygen atoms in total. The summed E-state index contributed by atoms with van der Waals surface area (Å²) in [5.74, 6) is 0.197. The average Bonchev–Trinajstić information content (AvgIpc) is 1.85. The van der Waals surface area contributed by atoms with Crippen molar-refractivity contribution in [1.29, 1.82) is 0 Å². The van der Waals surface area contributed by atoms with Crippen molar-refractivity contribution in [2.24, 2.45) is 16.5 Å². The van der Waals surface area contributed by atoms with Gasteiger partial charge in [0.15, 0.2) is 5.96 Å². The van der Waals surface area contributed by atoms with Crippen LogP contribution in [0, 0.1) is 0 Å². The summed E-state index contributed by atoms with van der Waals surface area (Å²) < 4.78 is 0. The molecule has 0 aromatic carbocycles. The second-order valence-corrected chi connectivity index (χ2v) is 3.25. The highest BCUT2D eigenvalue weighted by molar-refractivity contribution is 5.76. The summed E-state index contributed by atoms with van der Waals surface area (Å²) >= 11 is 0. The maximum Gasteiger partial charge on any atom is 0.186 e. The SMILES string of the molecule is CC1(N=C(N)N)CC=CCC1. The first kappa shape index (κ1) is 8.11.